The summed E-state index contributed by atoms with van der Waals surface area (Å²) in [5.74, 6) is 5.84. The molecule has 0 spiro atoms. The first-order valence-corrected chi connectivity index (χ1v) is 5.96. The molecule has 108 valence electrons. The zero-order valence-electron chi connectivity index (χ0n) is 11.0. The minimum absolute atomic E-state index is 0.0378. The molecule has 0 fully saturated rings. The second-order valence-electron chi connectivity index (χ2n) is 4.54. The number of hydrogen-bond acceptors (Lipinski definition) is 4. The van der Waals surface area contributed by atoms with E-state index in [1.54, 1.807) is 12.1 Å². The molecule has 2 aromatic rings. The van der Waals surface area contributed by atoms with Crippen LogP contribution in [0.4, 0.5) is 18.9 Å². The Bertz CT molecular complexity index is 626. The fraction of sp³-hybridized carbons (Fsp3) is 0.308. The van der Waals surface area contributed by atoms with Crippen molar-refractivity contribution in [3.05, 3.63) is 30.0 Å². The number of hydrogen-bond donors (Lipinski definition) is 2. The summed E-state index contributed by atoms with van der Waals surface area (Å²) >= 11 is 0. The zero-order valence-corrected chi connectivity index (χ0v) is 11.0. The number of fused-ring (bicyclic) bond motifs is 1. The van der Waals surface area contributed by atoms with Crippen molar-refractivity contribution >= 4 is 16.6 Å². The van der Waals surface area contributed by atoms with Gasteiger partial charge in [-0.3, -0.25) is 5.84 Å². The number of hydrazine groups is 1. The zero-order chi connectivity index (χ0) is 14.9. The van der Waals surface area contributed by atoms with Crippen LogP contribution in [0.15, 0.2) is 24.3 Å². The molecule has 0 amide bonds. The predicted octanol–water partition coefficient (Wildman–Crippen LogP) is 3.33. The average molecular weight is 285 g/mol. The second-order valence-corrected chi connectivity index (χ2v) is 4.54. The van der Waals surface area contributed by atoms with Gasteiger partial charge in [0.25, 0.3) is 0 Å². The number of ether oxygens (including phenoxy) is 1. The molecule has 0 saturated heterocycles. The number of nitrogen functional groups attached to an aromatic ring is 1. The van der Waals surface area contributed by atoms with Gasteiger partial charge < -0.3 is 10.2 Å². The fourth-order valence-electron chi connectivity index (χ4n) is 1.81. The van der Waals surface area contributed by atoms with Crippen molar-refractivity contribution < 1.29 is 17.9 Å². The molecule has 0 aliphatic rings. The Labute approximate surface area is 113 Å². The first-order chi connectivity index (χ1) is 9.31. The fourth-order valence-corrected chi connectivity index (χ4v) is 1.81. The lowest BCUT2D eigenvalue weighted by molar-refractivity contribution is -0.140. The Balaban J connectivity index is 2.59. The molecule has 2 rings (SSSR count). The largest absolute Gasteiger partial charge is 0.491 e. The van der Waals surface area contributed by atoms with E-state index in [0.717, 1.165) is 6.07 Å². The van der Waals surface area contributed by atoms with Crippen molar-refractivity contribution in [3.63, 3.8) is 0 Å². The number of aromatic nitrogens is 1. The number of anilines is 1. The maximum Gasteiger partial charge on any atom is 0.433 e. The maximum absolute atomic E-state index is 12.7. The number of alkyl halides is 3. The van der Waals surface area contributed by atoms with Gasteiger partial charge in [0.1, 0.15) is 11.4 Å². The Kier molecular flexibility index (Phi) is 3.71. The van der Waals surface area contributed by atoms with Crippen LogP contribution < -0.4 is 16.0 Å². The molecule has 1 aromatic carbocycles. The lowest BCUT2D eigenvalue weighted by Crippen LogP contribution is -2.13. The molecular formula is C13H14F3N3O. The summed E-state index contributed by atoms with van der Waals surface area (Å²) in [5.41, 5.74) is 1.62. The molecule has 1 aromatic heterocycles. The molecule has 0 unspecified atom stereocenters. The molecule has 0 aliphatic carbocycles. The van der Waals surface area contributed by atoms with Gasteiger partial charge in [-0.1, -0.05) is 0 Å². The lowest BCUT2D eigenvalue weighted by atomic mass is 10.1. The van der Waals surface area contributed by atoms with Gasteiger partial charge in [0.15, 0.2) is 0 Å². The minimum atomic E-state index is -4.52. The van der Waals surface area contributed by atoms with E-state index in [-0.39, 0.29) is 17.3 Å². The van der Waals surface area contributed by atoms with Gasteiger partial charge in [-0.05, 0) is 38.1 Å². The Morgan fingerprint density at radius 2 is 1.95 bits per heavy atom. The quantitative estimate of drug-likeness (QED) is 0.671. The number of nitrogens with two attached hydrogens (primary N) is 1. The van der Waals surface area contributed by atoms with E-state index in [0.29, 0.717) is 11.1 Å². The highest BCUT2D eigenvalue weighted by Gasteiger charge is 2.33. The molecule has 3 N–H and O–H groups in total. The third-order valence-electron chi connectivity index (χ3n) is 2.60. The first-order valence-electron chi connectivity index (χ1n) is 5.96. The number of nitrogens with one attached hydrogen (secondary N) is 1. The van der Waals surface area contributed by atoms with Gasteiger partial charge in [-0.15, -0.1) is 0 Å². The van der Waals surface area contributed by atoms with E-state index < -0.39 is 11.9 Å². The van der Waals surface area contributed by atoms with Crippen LogP contribution in [0.3, 0.4) is 0 Å². The minimum Gasteiger partial charge on any atom is -0.491 e. The van der Waals surface area contributed by atoms with Gasteiger partial charge >= 0.3 is 6.18 Å². The predicted molar refractivity (Wildman–Crippen MR) is 70.3 cm³/mol. The van der Waals surface area contributed by atoms with Crippen LogP contribution in [0.5, 0.6) is 5.75 Å². The molecule has 7 heteroatoms. The molecule has 0 saturated carbocycles. The summed E-state index contributed by atoms with van der Waals surface area (Å²) in [6, 6.07) is 5.54. The second kappa shape index (κ2) is 5.16. The van der Waals surface area contributed by atoms with Crippen LogP contribution in [-0.2, 0) is 6.18 Å². The van der Waals surface area contributed by atoms with E-state index in [4.69, 9.17) is 10.6 Å². The standard InChI is InChI=1S/C13H14F3N3O/c1-7(2)20-8-3-4-10-9(5-8)11(19-17)6-12(18-10)13(14,15)16/h3-7H,17H2,1-2H3,(H,18,19). The smallest absolute Gasteiger partial charge is 0.433 e. The summed E-state index contributed by atoms with van der Waals surface area (Å²) in [6.45, 7) is 3.72. The third kappa shape index (κ3) is 2.93. The molecule has 20 heavy (non-hydrogen) atoms. The molecular weight excluding hydrogens is 271 g/mol. The number of nitrogens with zero attached hydrogens (tertiary/aromatic N) is 1. The number of halogens is 3. The summed E-state index contributed by atoms with van der Waals surface area (Å²) in [4.78, 5) is 3.60. The summed E-state index contributed by atoms with van der Waals surface area (Å²) < 4.78 is 43.7. The van der Waals surface area contributed by atoms with Crippen molar-refractivity contribution in [2.24, 2.45) is 5.84 Å². The van der Waals surface area contributed by atoms with Gasteiger partial charge in [0.2, 0.25) is 0 Å². The summed E-state index contributed by atoms with van der Waals surface area (Å²) in [7, 11) is 0. The number of pyridine rings is 1. The molecule has 0 bridgehead atoms. The molecule has 0 atom stereocenters. The highest BCUT2D eigenvalue weighted by molar-refractivity contribution is 5.92. The third-order valence-corrected chi connectivity index (χ3v) is 2.60. The van der Waals surface area contributed by atoms with Crippen LogP contribution >= 0.6 is 0 Å². The number of benzene rings is 1. The summed E-state index contributed by atoms with van der Waals surface area (Å²) in [5, 5.41) is 0.471. The van der Waals surface area contributed by atoms with Gasteiger partial charge in [0, 0.05) is 5.39 Å². The Morgan fingerprint density at radius 1 is 1.25 bits per heavy atom. The average Bonchev–Trinajstić information content (AvgIpc) is 2.35. The lowest BCUT2D eigenvalue weighted by Gasteiger charge is -2.14. The highest BCUT2D eigenvalue weighted by Crippen LogP contribution is 2.34. The van der Waals surface area contributed by atoms with Crippen LogP contribution in [0.1, 0.15) is 19.5 Å². The van der Waals surface area contributed by atoms with Crippen LogP contribution in [-0.4, -0.2) is 11.1 Å². The molecule has 1 heterocycles. The Morgan fingerprint density at radius 3 is 2.50 bits per heavy atom. The van der Waals surface area contributed by atoms with E-state index in [1.807, 2.05) is 13.8 Å². The van der Waals surface area contributed by atoms with Crippen molar-refractivity contribution in [1.82, 2.24) is 4.98 Å². The molecule has 4 nitrogen and oxygen atoms in total. The van der Waals surface area contributed by atoms with Crippen LogP contribution in [0, 0.1) is 0 Å². The van der Waals surface area contributed by atoms with E-state index in [9.17, 15) is 13.2 Å². The van der Waals surface area contributed by atoms with E-state index in [1.165, 1.54) is 6.07 Å². The summed E-state index contributed by atoms with van der Waals surface area (Å²) in [6.07, 6.45) is -4.56. The normalized spacial score (nSPS) is 11.9. The van der Waals surface area contributed by atoms with Gasteiger partial charge in [-0.25, -0.2) is 4.98 Å². The van der Waals surface area contributed by atoms with Crippen molar-refractivity contribution in [1.29, 1.82) is 0 Å². The highest BCUT2D eigenvalue weighted by atomic mass is 19.4. The van der Waals surface area contributed by atoms with Crippen LogP contribution in [0.25, 0.3) is 10.9 Å². The van der Waals surface area contributed by atoms with Gasteiger partial charge in [-0.2, -0.15) is 13.2 Å². The SMILES string of the molecule is CC(C)Oc1ccc2nc(C(F)(F)F)cc(NN)c2c1. The van der Waals surface area contributed by atoms with Crippen LogP contribution in [0.2, 0.25) is 0 Å². The van der Waals surface area contributed by atoms with Crippen molar-refractivity contribution in [2.45, 2.75) is 26.1 Å². The monoisotopic (exact) mass is 285 g/mol. The maximum atomic E-state index is 12.7. The molecule has 0 radical (unpaired) electrons. The van der Waals surface area contributed by atoms with Crippen molar-refractivity contribution in [2.75, 3.05) is 5.43 Å². The van der Waals surface area contributed by atoms with E-state index >= 15 is 0 Å². The first kappa shape index (κ1) is 14.4. The van der Waals surface area contributed by atoms with Gasteiger partial charge in [0.05, 0.1) is 17.3 Å². The molecule has 0 aliphatic heterocycles. The van der Waals surface area contributed by atoms with E-state index in [2.05, 4.69) is 10.4 Å². The topological polar surface area (TPSA) is 60.2 Å². The van der Waals surface area contributed by atoms with Crippen molar-refractivity contribution in [3.8, 4) is 5.75 Å². The number of rotatable bonds is 3. The Hall–Kier alpha value is -2.02.